The standard InChI is InChI=1S/C22H18Br2N2O4/c1-28-18-5-3-4-15(21(18)29-2)17-12-16(13-6-8-14(23)9-7-13)25-26(17)22(27)19-10-11-20(24)30-19/h3-11,17H,12H2,1-2H3/t17-/m0/s1. The molecule has 1 aliphatic heterocycles. The molecule has 0 fully saturated rings. The first kappa shape index (κ1) is 20.7. The Morgan fingerprint density at radius 3 is 2.47 bits per heavy atom. The van der Waals surface area contributed by atoms with Crippen LogP contribution < -0.4 is 9.47 Å². The number of methoxy groups -OCH3 is 2. The van der Waals surface area contributed by atoms with Crippen LogP contribution in [-0.2, 0) is 0 Å². The zero-order chi connectivity index (χ0) is 21.3. The summed E-state index contributed by atoms with van der Waals surface area (Å²) in [5, 5.41) is 6.13. The maximum absolute atomic E-state index is 13.3. The van der Waals surface area contributed by atoms with Gasteiger partial charge in [-0.15, -0.1) is 0 Å². The molecule has 0 aliphatic carbocycles. The molecule has 0 radical (unpaired) electrons. The second kappa shape index (κ2) is 8.65. The smallest absolute Gasteiger partial charge is 0.310 e. The largest absolute Gasteiger partial charge is 0.493 e. The fraction of sp³-hybridized carbons (Fsp3) is 0.182. The van der Waals surface area contributed by atoms with Crippen LogP contribution in [0.1, 0.15) is 34.1 Å². The van der Waals surface area contributed by atoms with Crippen LogP contribution in [-0.4, -0.2) is 30.8 Å². The van der Waals surface area contributed by atoms with E-state index in [2.05, 4.69) is 37.0 Å². The zero-order valence-electron chi connectivity index (χ0n) is 16.3. The molecule has 1 aromatic heterocycles. The Balaban J connectivity index is 1.79. The minimum atomic E-state index is -0.370. The van der Waals surface area contributed by atoms with Crippen LogP contribution in [0.15, 0.2) is 73.3 Å². The number of hydrogen-bond donors (Lipinski definition) is 0. The molecule has 1 amide bonds. The third kappa shape index (κ3) is 3.89. The van der Waals surface area contributed by atoms with Crippen LogP contribution >= 0.6 is 31.9 Å². The quantitative estimate of drug-likeness (QED) is 0.415. The first-order chi connectivity index (χ1) is 14.5. The van der Waals surface area contributed by atoms with Gasteiger partial charge in [-0.05, 0) is 51.8 Å². The molecule has 2 aromatic carbocycles. The number of nitrogens with zero attached hydrogens (tertiary/aromatic N) is 2. The highest BCUT2D eigenvalue weighted by atomic mass is 79.9. The van der Waals surface area contributed by atoms with E-state index in [4.69, 9.17) is 13.9 Å². The molecule has 0 saturated heterocycles. The summed E-state index contributed by atoms with van der Waals surface area (Å²) in [4.78, 5) is 13.3. The second-order valence-corrected chi connectivity index (χ2v) is 8.31. The summed E-state index contributed by atoms with van der Waals surface area (Å²) in [6.07, 6.45) is 0.527. The Labute approximate surface area is 190 Å². The summed E-state index contributed by atoms with van der Waals surface area (Å²) in [5.41, 5.74) is 2.56. The topological polar surface area (TPSA) is 64.3 Å². The molecule has 0 spiro atoms. The van der Waals surface area contributed by atoms with Crippen molar-refractivity contribution in [1.82, 2.24) is 5.01 Å². The molecular formula is C22H18Br2N2O4. The van der Waals surface area contributed by atoms with E-state index in [-0.39, 0.29) is 17.7 Å². The molecule has 1 atom stereocenters. The molecule has 30 heavy (non-hydrogen) atoms. The third-order valence-electron chi connectivity index (χ3n) is 4.87. The van der Waals surface area contributed by atoms with E-state index in [0.717, 1.165) is 21.3 Å². The highest BCUT2D eigenvalue weighted by Gasteiger charge is 2.37. The van der Waals surface area contributed by atoms with Gasteiger partial charge in [0, 0.05) is 16.5 Å². The molecule has 154 valence electrons. The number of benzene rings is 2. The molecule has 0 bridgehead atoms. The van der Waals surface area contributed by atoms with Gasteiger partial charge in [0.15, 0.2) is 21.9 Å². The minimum absolute atomic E-state index is 0.203. The van der Waals surface area contributed by atoms with Crippen LogP contribution in [0.2, 0.25) is 0 Å². The van der Waals surface area contributed by atoms with Crippen molar-refractivity contribution in [1.29, 1.82) is 0 Å². The number of hydrazone groups is 1. The van der Waals surface area contributed by atoms with Crippen molar-refractivity contribution >= 4 is 43.5 Å². The van der Waals surface area contributed by atoms with Crippen molar-refractivity contribution in [2.45, 2.75) is 12.5 Å². The van der Waals surface area contributed by atoms with Crippen molar-refractivity contribution in [3.63, 3.8) is 0 Å². The fourth-order valence-electron chi connectivity index (χ4n) is 3.47. The average Bonchev–Trinajstić information content (AvgIpc) is 3.40. The van der Waals surface area contributed by atoms with Gasteiger partial charge < -0.3 is 13.9 Å². The van der Waals surface area contributed by atoms with Gasteiger partial charge in [0.1, 0.15) is 0 Å². The number of carbonyl (C=O) groups is 1. The van der Waals surface area contributed by atoms with Gasteiger partial charge in [-0.3, -0.25) is 4.79 Å². The molecular weight excluding hydrogens is 516 g/mol. The van der Waals surface area contributed by atoms with Crippen molar-refractivity contribution in [3.05, 3.63) is 80.6 Å². The first-order valence-corrected chi connectivity index (χ1v) is 10.7. The van der Waals surface area contributed by atoms with Gasteiger partial charge in [0.2, 0.25) is 0 Å². The van der Waals surface area contributed by atoms with Crippen LogP contribution in [0.5, 0.6) is 11.5 Å². The lowest BCUT2D eigenvalue weighted by molar-refractivity contribution is 0.0675. The number of para-hydroxylation sites is 1. The highest BCUT2D eigenvalue weighted by molar-refractivity contribution is 9.10. The summed E-state index contributed by atoms with van der Waals surface area (Å²) >= 11 is 6.71. The molecule has 0 unspecified atom stereocenters. The maximum Gasteiger partial charge on any atom is 0.310 e. The minimum Gasteiger partial charge on any atom is -0.493 e. The molecule has 0 N–H and O–H groups in total. The predicted molar refractivity (Wildman–Crippen MR) is 120 cm³/mol. The number of ether oxygens (including phenoxy) is 2. The molecule has 4 rings (SSSR count). The number of hydrogen-bond acceptors (Lipinski definition) is 5. The maximum atomic E-state index is 13.3. The number of rotatable bonds is 5. The Hall–Kier alpha value is -2.58. The number of carbonyl (C=O) groups excluding carboxylic acids is 1. The molecule has 2 heterocycles. The van der Waals surface area contributed by atoms with Gasteiger partial charge >= 0.3 is 5.91 Å². The lowest BCUT2D eigenvalue weighted by atomic mass is 9.97. The van der Waals surface area contributed by atoms with E-state index < -0.39 is 0 Å². The summed E-state index contributed by atoms with van der Waals surface area (Å²) in [7, 11) is 3.17. The molecule has 0 saturated carbocycles. The van der Waals surface area contributed by atoms with E-state index in [1.54, 1.807) is 26.4 Å². The highest BCUT2D eigenvalue weighted by Crippen LogP contribution is 2.42. The Kier molecular flexibility index (Phi) is 5.97. The lowest BCUT2D eigenvalue weighted by Gasteiger charge is -2.23. The van der Waals surface area contributed by atoms with Gasteiger partial charge in [0.05, 0.1) is 26.0 Å². The Morgan fingerprint density at radius 2 is 1.83 bits per heavy atom. The second-order valence-electron chi connectivity index (χ2n) is 6.61. The van der Waals surface area contributed by atoms with Crippen molar-refractivity contribution < 1.29 is 18.7 Å². The van der Waals surface area contributed by atoms with E-state index in [1.807, 2.05) is 42.5 Å². The lowest BCUT2D eigenvalue weighted by Crippen LogP contribution is -2.27. The van der Waals surface area contributed by atoms with Crippen LogP contribution in [0, 0.1) is 0 Å². The summed E-state index contributed by atoms with van der Waals surface area (Å²) < 4.78 is 18.0. The van der Waals surface area contributed by atoms with Gasteiger partial charge in [-0.2, -0.15) is 5.10 Å². The van der Waals surface area contributed by atoms with Crippen molar-refractivity contribution in [2.75, 3.05) is 14.2 Å². The SMILES string of the molecule is COc1cccc([C@@H]2CC(c3ccc(Br)cc3)=NN2C(=O)c2ccc(Br)o2)c1OC. The van der Waals surface area contributed by atoms with Gasteiger partial charge in [0.25, 0.3) is 0 Å². The number of furan rings is 1. The molecule has 3 aromatic rings. The van der Waals surface area contributed by atoms with Crippen LogP contribution in [0.4, 0.5) is 0 Å². The third-order valence-corrected chi connectivity index (χ3v) is 5.83. The van der Waals surface area contributed by atoms with Crippen LogP contribution in [0.25, 0.3) is 0 Å². The normalized spacial score (nSPS) is 15.8. The summed E-state index contributed by atoms with van der Waals surface area (Å²) in [6, 6.07) is 16.4. The Bertz CT molecular complexity index is 1110. The predicted octanol–water partition coefficient (Wildman–Crippen LogP) is 5.81. The molecule has 8 heteroatoms. The van der Waals surface area contributed by atoms with Gasteiger partial charge in [-0.25, -0.2) is 5.01 Å². The van der Waals surface area contributed by atoms with E-state index in [0.29, 0.717) is 22.6 Å². The molecule has 1 aliphatic rings. The zero-order valence-corrected chi connectivity index (χ0v) is 19.4. The molecule has 6 nitrogen and oxygen atoms in total. The first-order valence-electron chi connectivity index (χ1n) is 9.15. The van der Waals surface area contributed by atoms with Crippen molar-refractivity contribution in [2.24, 2.45) is 5.10 Å². The number of amides is 1. The van der Waals surface area contributed by atoms with Crippen LogP contribution in [0.3, 0.4) is 0 Å². The van der Waals surface area contributed by atoms with E-state index in [9.17, 15) is 4.79 Å². The fourth-order valence-corrected chi connectivity index (χ4v) is 4.04. The van der Waals surface area contributed by atoms with E-state index in [1.165, 1.54) is 5.01 Å². The van der Waals surface area contributed by atoms with E-state index >= 15 is 0 Å². The number of halogens is 2. The summed E-state index contributed by atoms with van der Waals surface area (Å²) in [6.45, 7) is 0. The monoisotopic (exact) mass is 532 g/mol. The van der Waals surface area contributed by atoms with Gasteiger partial charge in [-0.1, -0.05) is 40.2 Å². The Morgan fingerprint density at radius 1 is 1.07 bits per heavy atom. The summed E-state index contributed by atoms with van der Waals surface area (Å²) in [5.74, 6) is 1.05. The van der Waals surface area contributed by atoms with Crippen molar-refractivity contribution in [3.8, 4) is 11.5 Å². The average molecular weight is 534 g/mol.